The molecule has 7 heteroatoms. The zero-order valence-electron chi connectivity index (χ0n) is 14.6. The molecule has 1 fully saturated rings. The number of aliphatic hydroxyl groups is 1. The summed E-state index contributed by atoms with van der Waals surface area (Å²) < 4.78 is 16.3. The van der Waals surface area contributed by atoms with E-state index >= 15 is 0 Å². The van der Waals surface area contributed by atoms with Gasteiger partial charge in [0.2, 0.25) is 0 Å². The van der Waals surface area contributed by atoms with Crippen LogP contribution in [0.15, 0.2) is 48.8 Å². The number of aliphatic hydroxyl groups excluding tert-OH is 1. The van der Waals surface area contributed by atoms with Gasteiger partial charge in [0, 0.05) is 37.2 Å². The highest BCUT2D eigenvalue weighted by Gasteiger charge is 2.22. The van der Waals surface area contributed by atoms with Crippen LogP contribution < -0.4 is 4.90 Å². The molecule has 1 atom stereocenters. The zero-order chi connectivity index (χ0) is 18.4. The molecule has 1 N–H and O–H groups in total. The van der Waals surface area contributed by atoms with E-state index in [0.717, 1.165) is 35.5 Å². The Morgan fingerprint density at radius 2 is 2.11 bits per heavy atom. The predicted molar refractivity (Wildman–Crippen MR) is 100 cm³/mol. The number of anilines is 1. The maximum Gasteiger partial charge on any atom is 0.153 e. The molecule has 0 radical (unpaired) electrons. The third-order valence-electron chi connectivity index (χ3n) is 5.05. The number of hydrogen-bond donors (Lipinski definition) is 1. The van der Waals surface area contributed by atoms with Crippen molar-refractivity contribution in [1.29, 1.82) is 0 Å². The molecule has 1 unspecified atom stereocenters. The van der Waals surface area contributed by atoms with Gasteiger partial charge in [-0.15, -0.1) is 5.10 Å². The van der Waals surface area contributed by atoms with Crippen LogP contribution in [0.3, 0.4) is 0 Å². The van der Waals surface area contributed by atoms with E-state index in [4.69, 9.17) is 0 Å². The molecule has 1 aliphatic rings. The molecule has 0 saturated carbocycles. The Kier molecular flexibility index (Phi) is 3.75. The Morgan fingerprint density at radius 3 is 2.96 bits per heavy atom. The van der Waals surface area contributed by atoms with Crippen molar-refractivity contribution in [2.24, 2.45) is 0 Å². The van der Waals surface area contributed by atoms with Crippen LogP contribution in [-0.4, -0.2) is 43.9 Å². The number of β-amino-alcohol motifs (C(OH)–C–C–N with tert-alkyl or cyclic N) is 1. The third kappa shape index (κ3) is 2.90. The average molecular weight is 363 g/mol. The van der Waals surface area contributed by atoms with Crippen LogP contribution in [0.5, 0.6) is 0 Å². The molecule has 0 aliphatic carbocycles. The van der Waals surface area contributed by atoms with Gasteiger partial charge in [-0.05, 0) is 36.2 Å². The Balaban J connectivity index is 1.52. The maximum atomic E-state index is 14.6. The fraction of sp³-hybridized carbons (Fsp3) is 0.250. The number of benzene rings is 1. The van der Waals surface area contributed by atoms with Gasteiger partial charge in [-0.2, -0.15) is 0 Å². The number of pyridine rings is 1. The van der Waals surface area contributed by atoms with Crippen LogP contribution >= 0.6 is 0 Å². The van der Waals surface area contributed by atoms with E-state index in [1.807, 2.05) is 30.3 Å². The van der Waals surface area contributed by atoms with Crippen LogP contribution in [0, 0.1) is 5.82 Å². The highest BCUT2D eigenvalue weighted by Crippen LogP contribution is 2.22. The lowest BCUT2D eigenvalue weighted by atomic mass is 10.1. The lowest BCUT2D eigenvalue weighted by Crippen LogP contribution is -2.23. The number of fused-ring (bicyclic) bond motifs is 2. The van der Waals surface area contributed by atoms with Gasteiger partial charge in [-0.1, -0.05) is 6.07 Å². The van der Waals surface area contributed by atoms with Crippen molar-refractivity contribution in [3.63, 3.8) is 0 Å². The summed E-state index contributed by atoms with van der Waals surface area (Å²) in [6, 6.07) is 10.9. The summed E-state index contributed by atoms with van der Waals surface area (Å²) in [6.45, 7) is 1.35. The van der Waals surface area contributed by atoms with Gasteiger partial charge < -0.3 is 10.0 Å². The van der Waals surface area contributed by atoms with Crippen LogP contribution in [0.4, 0.5) is 10.2 Å². The first-order valence-electron chi connectivity index (χ1n) is 8.97. The van der Waals surface area contributed by atoms with Gasteiger partial charge in [0.05, 0.1) is 23.5 Å². The van der Waals surface area contributed by atoms with E-state index in [2.05, 4.69) is 20.0 Å². The first kappa shape index (κ1) is 16.1. The molecular formula is C20H18FN5O. The fourth-order valence-electron chi connectivity index (χ4n) is 3.62. The lowest BCUT2D eigenvalue weighted by Gasteiger charge is -2.16. The van der Waals surface area contributed by atoms with Crippen molar-refractivity contribution < 1.29 is 9.50 Å². The lowest BCUT2D eigenvalue weighted by molar-refractivity contribution is 0.198. The molecule has 3 aromatic heterocycles. The highest BCUT2D eigenvalue weighted by molar-refractivity contribution is 5.79. The fourth-order valence-corrected chi connectivity index (χ4v) is 3.62. The van der Waals surface area contributed by atoms with Gasteiger partial charge >= 0.3 is 0 Å². The number of halogens is 1. The molecule has 1 aliphatic heterocycles. The minimum absolute atomic E-state index is 0.282. The second-order valence-corrected chi connectivity index (χ2v) is 6.92. The molecule has 4 heterocycles. The molecule has 136 valence electrons. The van der Waals surface area contributed by atoms with Crippen molar-refractivity contribution in [3.8, 4) is 0 Å². The maximum absolute atomic E-state index is 14.6. The SMILES string of the molecule is OC1CCN(c2ccc3ncc(Cc4cc5cccnc5cc4F)n3n2)C1. The molecule has 5 rings (SSSR count). The summed E-state index contributed by atoms with van der Waals surface area (Å²) in [4.78, 5) is 10.6. The number of aromatic nitrogens is 4. The number of nitrogens with zero attached hydrogens (tertiary/aromatic N) is 5. The van der Waals surface area contributed by atoms with Crippen molar-refractivity contribution in [2.75, 3.05) is 18.0 Å². The summed E-state index contributed by atoms with van der Waals surface area (Å²) in [6.07, 6.45) is 4.21. The summed E-state index contributed by atoms with van der Waals surface area (Å²) in [5.41, 5.74) is 2.76. The van der Waals surface area contributed by atoms with E-state index in [0.29, 0.717) is 24.0 Å². The summed E-state index contributed by atoms with van der Waals surface area (Å²) in [5, 5.41) is 15.3. The minimum atomic E-state index is -0.315. The molecule has 0 spiro atoms. The van der Waals surface area contributed by atoms with Crippen molar-refractivity contribution >= 4 is 22.4 Å². The highest BCUT2D eigenvalue weighted by atomic mass is 19.1. The number of hydrogen-bond acceptors (Lipinski definition) is 5. The van der Waals surface area contributed by atoms with E-state index in [1.54, 1.807) is 16.9 Å². The number of rotatable bonds is 3. The topological polar surface area (TPSA) is 66.5 Å². The summed E-state index contributed by atoms with van der Waals surface area (Å²) in [5.74, 6) is 0.511. The second-order valence-electron chi connectivity index (χ2n) is 6.92. The minimum Gasteiger partial charge on any atom is -0.391 e. The predicted octanol–water partition coefficient (Wildman–Crippen LogP) is 2.58. The Bertz CT molecular complexity index is 1140. The summed E-state index contributed by atoms with van der Waals surface area (Å²) >= 11 is 0. The standard InChI is InChI=1S/C20H18FN5O/c21-17-10-18-13(2-1-6-22-18)8-14(17)9-15-11-23-19-3-4-20(24-26(15)19)25-7-5-16(27)12-25/h1-4,6,8,10-11,16,27H,5,7,9,12H2. The third-order valence-corrected chi connectivity index (χ3v) is 5.05. The van der Waals surface area contributed by atoms with Gasteiger partial charge in [0.1, 0.15) is 11.6 Å². The average Bonchev–Trinajstić information content (AvgIpc) is 3.28. The monoisotopic (exact) mass is 363 g/mol. The molecular weight excluding hydrogens is 345 g/mol. The first-order chi connectivity index (χ1) is 13.2. The van der Waals surface area contributed by atoms with Gasteiger partial charge in [-0.3, -0.25) is 4.98 Å². The molecule has 4 aromatic rings. The molecule has 1 saturated heterocycles. The summed E-state index contributed by atoms with van der Waals surface area (Å²) in [7, 11) is 0. The van der Waals surface area contributed by atoms with Crippen molar-refractivity contribution in [2.45, 2.75) is 18.9 Å². The van der Waals surface area contributed by atoms with Gasteiger partial charge in [0.15, 0.2) is 5.65 Å². The van der Waals surface area contributed by atoms with E-state index in [1.165, 1.54) is 6.07 Å². The van der Waals surface area contributed by atoms with Crippen LogP contribution in [0.25, 0.3) is 16.6 Å². The second kappa shape index (κ2) is 6.28. The van der Waals surface area contributed by atoms with Gasteiger partial charge in [0.25, 0.3) is 0 Å². The van der Waals surface area contributed by atoms with Crippen molar-refractivity contribution in [3.05, 3.63) is 65.9 Å². The molecule has 0 bridgehead atoms. The molecule has 1 aromatic carbocycles. The Morgan fingerprint density at radius 1 is 1.19 bits per heavy atom. The van der Waals surface area contributed by atoms with Crippen LogP contribution in [-0.2, 0) is 6.42 Å². The van der Waals surface area contributed by atoms with Crippen molar-refractivity contribution in [1.82, 2.24) is 19.6 Å². The zero-order valence-corrected chi connectivity index (χ0v) is 14.6. The van der Waals surface area contributed by atoms with Crippen LogP contribution in [0.1, 0.15) is 17.7 Å². The van der Waals surface area contributed by atoms with E-state index < -0.39 is 0 Å². The molecule has 0 amide bonds. The quantitative estimate of drug-likeness (QED) is 0.606. The largest absolute Gasteiger partial charge is 0.391 e. The van der Waals surface area contributed by atoms with Crippen LogP contribution in [0.2, 0.25) is 0 Å². The normalized spacial score (nSPS) is 17.3. The smallest absolute Gasteiger partial charge is 0.153 e. The Hall–Kier alpha value is -3.06. The van der Waals surface area contributed by atoms with E-state index in [9.17, 15) is 9.50 Å². The number of imidazole rings is 1. The van der Waals surface area contributed by atoms with E-state index in [-0.39, 0.29) is 11.9 Å². The molecule has 27 heavy (non-hydrogen) atoms. The first-order valence-corrected chi connectivity index (χ1v) is 8.97. The molecule has 6 nitrogen and oxygen atoms in total. The van der Waals surface area contributed by atoms with Gasteiger partial charge in [-0.25, -0.2) is 13.9 Å². The Labute approximate surface area is 154 Å².